The smallest absolute Gasteiger partial charge is 0.333 e. The molecule has 0 unspecified atom stereocenters. The third kappa shape index (κ3) is 2.45. The summed E-state index contributed by atoms with van der Waals surface area (Å²) in [7, 11) is 0. The summed E-state index contributed by atoms with van der Waals surface area (Å²) in [5, 5.41) is 32.9. The summed E-state index contributed by atoms with van der Waals surface area (Å²) >= 11 is 1.26. The summed E-state index contributed by atoms with van der Waals surface area (Å²) < 4.78 is 7.74. The molecule has 2 aromatic rings. The normalized spacial score (nSPS) is 27.8. The Morgan fingerprint density at radius 3 is 2.61 bits per heavy atom. The van der Waals surface area contributed by atoms with Crippen LogP contribution in [0.2, 0.25) is 0 Å². The van der Waals surface area contributed by atoms with Gasteiger partial charge in [-0.1, -0.05) is 6.92 Å². The molecule has 9 heteroatoms. The van der Waals surface area contributed by atoms with E-state index in [0.29, 0.717) is 17.3 Å². The van der Waals surface area contributed by atoms with Gasteiger partial charge in [0.05, 0.1) is 17.5 Å². The first-order valence-corrected chi connectivity index (χ1v) is 8.29. The van der Waals surface area contributed by atoms with E-state index in [1.54, 1.807) is 10.8 Å². The van der Waals surface area contributed by atoms with Gasteiger partial charge < -0.3 is 20.1 Å². The van der Waals surface area contributed by atoms with Gasteiger partial charge in [0.25, 0.3) is 5.56 Å². The standard InChI is InChI=1S/C14H18N2O6S/c1-2-3-15-12(20)7-5-23-6-8(7)16(14(15)21)13-11(19)10(18)9(4-17)22-13/h5-6,9-11,13,17-19H,2-4H2,1H3/t9-,10-,11-,13-/m1/s1. The molecular formula is C14H18N2O6S. The van der Waals surface area contributed by atoms with Crippen molar-refractivity contribution in [3.63, 3.8) is 0 Å². The van der Waals surface area contributed by atoms with E-state index >= 15 is 0 Å². The number of aromatic nitrogens is 2. The SMILES string of the molecule is CCCn1c(=O)c2cscc2n([C@@H]2O[C@H](CO)[C@@H](O)[C@H]2O)c1=O. The van der Waals surface area contributed by atoms with E-state index in [1.807, 2.05) is 6.92 Å². The van der Waals surface area contributed by atoms with Gasteiger partial charge in [0.15, 0.2) is 6.23 Å². The molecule has 2 aromatic heterocycles. The fourth-order valence-electron chi connectivity index (χ4n) is 2.86. The van der Waals surface area contributed by atoms with Gasteiger partial charge in [0.2, 0.25) is 0 Å². The lowest BCUT2D eigenvalue weighted by Crippen LogP contribution is -2.43. The van der Waals surface area contributed by atoms with Crippen LogP contribution in [0.5, 0.6) is 0 Å². The molecule has 0 spiro atoms. The Labute approximate surface area is 134 Å². The topological polar surface area (TPSA) is 114 Å². The van der Waals surface area contributed by atoms with E-state index in [0.717, 1.165) is 4.57 Å². The lowest BCUT2D eigenvalue weighted by Gasteiger charge is -2.20. The zero-order valence-corrected chi connectivity index (χ0v) is 13.3. The van der Waals surface area contributed by atoms with Gasteiger partial charge in [-0.25, -0.2) is 4.79 Å². The number of hydrogen-bond donors (Lipinski definition) is 3. The van der Waals surface area contributed by atoms with Crippen LogP contribution in [-0.4, -0.2) is 49.4 Å². The van der Waals surface area contributed by atoms with E-state index < -0.39 is 36.8 Å². The Balaban J connectivity index is 2.23. The van der Waals surface area contributed by atoms with Gasteiger partial charge in [-0.05, 0) is 6.42 Å². The number of rotatable bonds is 4. The van der Waals surface area contributed by atoms with Crippen molar-refractivity contribution in [1.29, 1.82) is 0 Å². The van der Waals surface area contributed by atoms with Crippen LogP contribution in [0.4, 0.5) is 0 Å². The fraction of sp³-hybridized carbons (Fsp3) is 0.571. The number of aliphatic hydroxyl groups is 3. The molecule has 3 heterocycles. The minimum atomic E-state index is -1.37. The summed E-state index contributed by atoms with van der Waals surface area (Å²) in [5.74, 6) is 0. The zero-order chi connectivity index (χ0) is 16.7. The number of fused-ring (bicyclic) bond motifs is 1. The molecule has 1 saturated heterocycles. The molecule has 1 aliphatic heterocycles. The van der Waals surface area contributed by atoms with Gasteiger partial charge in [0, 0.05) is 17.3 Å². The van der Waals surface area contributed by atoms with Crippen molar-refractivity contribution in [3.8, 4) is 0 Å². The highest BCUT2D eigenvalue weighted by Gasteiger charge is 2.44. The Kier molecular flexibility index (Phi) is 4.39. The highest BCUT2D eigenvalue weighted by atomic mass is 32.1. The fourth-order valence-corrected chi connectivity index (χ4v) is 3.66. The van der Waals surface area contributed by atoms with Gasteiger partial charge in [-0.3, -0.25) is 13.9 Å². The lowest BCUT2D eigenvalue weighted by atomic mass is 10.1. The molecule has 1 fully saturated rings. The summed E-state index contributed by atoms with van der Waals surface area (Å²) in [6.45, 7) is 1.61. The van der Waals surface area contributed by atoms with Crippen LogP contribution < -0.4 is 11.2 Å². The maximum Gasteiger partial charge on any atom is 0.333 e. The molecule has 23 heavy (non-hydrogen) atoms. The predicted molar refractivity (Wildman–Crippen MR) is 83.6 cm³/mol. The highest BCUT2D eigenvalue weighted by molar-refractivity contribution is 7.09. The summed E-state index contributed by atoms with van der Waals surface area (Å²) in [5.41, 5.74) is -0.624. The molecule has 126 valence electrons. The Bertz CT molecular complexity index is 825. The molecule has 0 aliphatic carbocycles. The predicted octanol–water partition coefficient (Wildman–Crippen LogP) is -0.754. The van der Waals surface area contributed by atoms with Crippen LogP contribution in [0.15, 0.2) is 20.3 Å². The quantitative estimate of drug-likeness (QED) is 0.673. The van der Waals surface area contributed by atoms with Crippen molar-refractivity contribution >= 4 is 22.2 Å². The Hall–Kier alpha value is -1.52. The number of hydrogen-bond acceptors (Lipinski definition) is 7. The molecule has 0 amide bonds. The summed E-state index contributed by atoms with van der Waals surface area (Å²) in [4.78, 5) is 25.1. The number of nitrogens with zero attached hydrogens (tertiary/aromatic N) is 2. The Morgan fingerprint density at radius 1 is 1.26 bits per heavy atom. The molecule has 0 bridgehead atoms. The first-order chi connectivity index (χ1) is 11.0. The van der Waals surface area contributed by atoms with Gasteiger partial charge in [0.1, 0.15) is 18.3 Å². The molecular weight excluding hydrogens is 324 g/mol. The first-order valence-electron chi connectivity index (χ1n) is 7.35. The molecule has 3 rings (SSSR count). The highest BCUT2D eigenvalue weighted by Crippen LogP contribution is 2.30. The summed E-state index contributed by atoms with van der Waals surface area (Å²) in [6, 6.07) is 0. The van der Waals surface area contributed by atoms with Gasteiger partial charge in [-0.15, -0.1) is 11.3 Å². The lowest BCUT2D eigenvalue weighted by molar-refractivity contribution is -0.0532. The second-order valence-electron chi connectivity index (χ2n) is 5.51. The van der Waals surface area contributed by atoms with Crippen LogP contribution >= 0.6 is 11.3 Å². The summed E-state index contributed by atoms with van der Waals surface area (Å²) in [6.07, 6.45) is -4.23. The number of thiophene rings is 1. The minimum Gasteiger partial charge on any atom is -0.394 e. The molecule has 1 aliphatic rings. The zero-order valence-electron chi connectivity index (χ0n) is 12.5. The second kappa shape index (κ2) is 6.17. The van der Waals surface area contributed by atoms with E-state index in [-0.39, 0.29) is 12.1 Å². The number of aliphatic hydroxyl groups excluding tert-OH is 3. The van der Waals surface area contributed by atoms with Crippen LogP contribution in [0.25, 0.3) is 10.9 Å². The third-order valence-corrected chi connectivity index (χ3v) is 4.76. The van der Waals surface area contributed by atoms with Crippen LogP contribution in [0, 0.1) is 0 Å². The monoisotopic (exact) mass is 342 g/mol. The first kappa shape index (κ1) is 16.3. The van der Waals surface area contributed by atoms with Crippen LogP contribution in [0.1, 0.15) is 19.6 Å². The van der Waals surface area contributed by atoms with Crippen molar-refractivity contribution in [2.24, 2.45) is 0 Å². The largest absolute Gasteiger partial charge is 0.394 e. The van der Waals surface area contributed by atoms with E-state index in [9.17, 15) is 24.9 Å². The second-order valence-corrected chi connectivity index (χ2v) is 6.25. The van der Waals surface area contributed by atoms with E-state index in [1.165, 1.54) is 15.9 Å². The van der Waals surface area contributed by atoms with Crippen molar-refractivity contribution in [1.82, 2.24) is 9.13 Å². The van der Waals surface area contributed by atoms with Gasteiger partial charge >= 0.3 is 5.69 Å². The van der Waals surface area contributed by atoms with Crippen molar-refractivity contribution in [3.05, 3.63) is 31.6 Å². The maximum atomic E-state index is 12.7. The maximum absolute atomic E-state index is 12.7. The minimum absolute atomic E-state index is 0.248. The average molecular weight is 342 g/mol. The van der Waals surface area contributed by atoms with Crippen molar-refractivity contribution in [2.75, 3.05) is 6.61 Å². The molecule has 0 radical (unpaired) electrons. The average Bonchev–Trinajstić information content (AvgIpc) is 3.12. The molecule has 0 saturated carbocycles. The van der Waals surface area contributed by atoms with Gasteiger partial charge in [-0.2, -0.15) is 0 Å². The number of ether oxygens (including phenoxy) is 1. The third-order valence-electron chi connectivity index (χ3n) is 4.03. The molecule has 3 N–H and O–H groups in total. The molecule has 0 aromatic carbocycles. The van der Waals surface area contributed by atoms with Crippen molar-refractivity contribution in [2.45, 2.75) is 44.4 Å². The van der Waals surface area contributed by atoms with Crippen molar-refractivity contribution < 1.29 is 20.1 Å². The molecule has 4 atom stereocenters. The molecule has 8 nitrogen and oxygen atoms in total. The van der Waals surface area contributed by atoms with Crippen LogP contribution in [0.3, 0.4) is 0 Å². The van der Waals surface area contributed by atoms with E-state index in [4.69, 9.17) is 4.74 Å². The van der Waals surface area contributed by atoms with Crippen LogP contribution in [-0.2, 0) is 11.3 Å². The van der Waals surface area contributed by atoms with E-state index in [2.05, 4.69) is 0 Å². The Morgan fingerprint density at radius 2 is 2.00 bits per heavy atom.